The van der Waals surface area contributed by atoms with Crippen molar-refractivity contribution < 1.29 is 18.7 Å². The molecule has 0 aliphatic rings. The highest BCUT2D eigenvalue weighted by atomic mass is 19.1. The minimum Gasteiger partial charge on any atom is -0.436 e. The first-order valence-electron chi connectivity index (χ1n) is 10.1. The van der Waals surface area contributed by atoms with Gasteiger partial charge >= 0.3 is 0 Å². The SMILES string of the molecule is Cc1cc(C)cc(N=c2oc3c(C)ncc(CO)c3cc2C(=O)Nc2ccccc2F)c1. The van der Waals surface area contributed by atoms with Crippen LogP contribution < -0.4 is 10.9 Å². The molecule has 1 amide bonds. The van der Waals surface area contributed by atoms with Crippen LogP contribution in [0.25, 0.3) is 11.0 Å². The molecule has 0 aliphatic carbocycles. The fourth-order valence-corrected chi connectivity index (χ4v) is 3.54. The zero-order chi connectivity index (χ0) is 22.8. The first kappa shape index (κ1) is 21.4. The number of rotatable bonds is 4. The molecular formula is C25H22FN3O3. The number of nitrogens with zero attached hydrogens (tertiary/aromatic N) is 2. The zero-order valence-electron chi connectivity index (χ0n) is 17.9. The predicted molar refractivity (Wildman–Crippen MR) is 120 cm³/mol. The highest BCUT2D eigenvalue weighted by Crippen LogP contribution is 2.23. The van der Waals surface area contributed by atoms with Gasteiger partial charge in [-0.2, -0.15) is 0 Å². The van der Waals surface area contributed by atoms with E-state index in [-0.39, 0.29) is 23.4 Å². The van der Waals surface area contributed by atoms with Gasteiger partial charge in [0.25, 0.3) is 5.91 Å². The van der Waals surface area contributed by atoms with Crippen LogP contribution in [0, 0.1) is 26.6 Å². The molecule has 0 unspecified atom stereocenters. The molecule has 4 rings (SSSR count). The minimum atomic E-state index is -0.581. The summed E-state index contributed by atoms with van der Waals surface area (Å²) in [5.41, 5.74) is 4.39. The van der Waals surface area contributed by atoms with Crippen molar-refractivity contribution >= 4 is 28.3 Å². The maximum Gasteiger partial charge on any atom is 0.261 e. The topological polar surface area (TPSA) is 87.7 Å². The number of carbonyl (C=O) groups is 1. The van der Waals surface area contributed by atoms with Gasteiger partial charge in [-0.3, -0.25) is 9.78 Å². The van der Waals surface area contributed by atoms with E-state index < -0.39 is 11.7 Å². The third kappa shape index (κ3) is 4.29. The molecule has 2 aromatic heterocycles. The lowest BCUT2D eigenvalue weighted by Gasteiger charge is -2.10. The molecule has 32 heavy (non-hydrogen) atoms. The monoisotopic (exact) mass is 431 g/mol. The van der Waals surface area contributed by atoms with Crippen molar-refractivity contribution in [1.29, 1.82) is 0 Å². The number of hydrogen-bond acceptors (Lipinski definition) is 5. The number of benzene rings is 2. The Kier molecular flexibility index (Phi) is 5.83. The number of aliphatic hydroxyl groups excluding tert-OH is 1. The molecule has 0 saturated heterocycles. The number of aliphatic hydroxyl groups is 1. The number of halogens is 1. The summed E-state index contributed by atoms with van der Waals surface area (Å²) in [5, 5.41) is 12.9. The molecule has 0 radical (unpaired) electrons. The Morgan fingerprint density at radius 1 is 1.12 bits per heavy atom. The van der Waals surface area contributed by atoms with E-state index in [4.69, 9.17) is 4.42 Å². The van der Waals surface area contributed by atoms with Crippen LogP contribution in [0.5, 0.6) is 0 Å². The summed E-state index contributed by atoms with van der Waals surface area (Å²) in [5.74, 6) is -1.13. The first-order valence-corrected chi connectivity index (χ1v) is 10.1. The van der Waals surface area contributed by atoms with Gasteiger partial charge in [0.1, 0.15) is 11.4 Å². The van der Waals surface area contributed by atoms with Crippen LogP contribution in [0.1, 0.15) is 32.7 Å². The molecule has 0 fully saturated rings. The summed E-state index contributed by atoms with van der Waals surface area (Å²) in [6.07, 6.45) is 1.53. The lowest BCUT2D eigenvalue weighted by atomic mass is 10.1. The Balaban J connectivity index is 1.96. The summed E-state index contributed by atoms with van der Waals surface area (Å²) in [6.45, 7) is 5.40. The summed E-state index contributed by atoms with van der Waals surface area (Å²) in [7, 11) is 0. The third-order valence-electron chi connectivity index (χ3n) is 5.03. The van der Waals surface area contributed by atoms with Crippen molar-refractivity contribution in [2.75, 3.05) is 5.32 Å². The Morgan fingerprint density at radius 2 is 1.84 bits per heavy atom. The van der Waals surface area contributed by atoms with Crippen LogP contribution in [0.15, 0.2) is 64.1 Å². The quantitative estimate of drug-likeness (QED) is 0.483. The van der Waals surface area contributed by atoms with Crippen LogP contribution in [0.4, 0.5) is 15.8 Å². The smallest absolute Gasteiger partial charge is 0.261 e. The number of para-hydroxylation sites is 1. The normalized spacial score (nSPS) is 11.7. The second-order valence-electron chi connectivity index (χ2n) is 7.63. The molecular weight excluding hydrogens is 409 g/mol. The summed E-state index contributed by atoms with van der Waals surface area (Å²) >= 11 is 0. The number of aromatic nitrogens is 1. The Labute approximate surface area is 184 Å². The minimum absolute atomic E-state index is 0.0447. The standard InChI is InChI=1S/C25H22FN3O3/c1-14-8-15(2)10-18(9-14)28-25-20(24(31)29-22-7-5-4-6-21(22)26)11-19-17(13-30)12-27-16(3)23(19)32-25/h4-12,30H,13H2,1-3H3,(H,29,31). The molecule has 0 atom stereocenters. The van der Waals surface area contributed by atoms with E-state index in [2.05, 4.69) is 15.3 Å². The van der Waals surface area contributed by atoms with Crippen molar-refractivity contribution in [3.8, 4) is 0 Å². The van der Waals surface area contributed by atoms with Gasteiger partial charge in [-0.25, -0.2) is 9.38 Å². The van der Waals surface area contributed by atoms with Crippen LogP contribution in [-0.2, 0) is 6.61 Å². The largest absolute Gasteiger partial charge is 0.436 e. The maximum atomic E-state index is 14.1. The number of nitrogens with one attached hydrogen (secondary N) is 1. The lowest BCUT2D eigenvalue weighted by Crippen LogP contribution is -2.22. The average Bonchev–Trinajstić information content (AvgIpc) is 2.75. The predicted octanol–water partition coefficient (Wildman–Crippen LogP) is 4.87. The molecule has 6 nitrogen and oxygen atoms in total. The summed E-state index contributed by atoms with van der Waals surface area (Å²) in [4.78, 5) is 22.0. The van der Waals surface area contributed by atoms with E-state index >= 15 is 0 Å². The number of anilines is 1. The molecule has 7 heteroatoms. The van der Waals surface area contributed by atoms with Crippen molar-refractivity contribution in [2.45, 2.75) is 27.4 Å². The van der Waals surface area contributed by atoms with Gasteiger partial charge in [0.2, 0.25) is 5.55 Å². The Hall–Kier alpha value is -3.84. The van der Waals surface area contributed by atoms with Gasteiger partial charge in [-0.1, -0.05) is 18.2 Å². The fourth-order valence-electron chi connectivity index (χ4n) is 3.54. The molecule has 2 aromatic carbocycles. The van der Waals surface area contributed by atoms with Crippen molar-refractivity contribution in [1.82, 2.24) is 4.98 Å². The summed E-state index contributed by atoms with van der Waals surface area (Å²) in [6, 6.07) is 13.3. The van der Waals surface area contributed by atoms with Gasteiger partial charge < -0.3 is 14.8 Å². The van der Waals surface area contributed by atoms with E-state index in [1.165, 1.54) is 18.3 Å². The van der Waals surface area contributed by atoms with Gasteiger partial charge in [0, 0.05) is 17.1 Å². The zero-order valence-corrected chi connectivity index (χ0v) is 17.9. The highest BCUT2D eigenvalue weighted by molar-refractivity contribution is 6.05. The lowest BCUT2D eigenvalue weighted by molar-refractivity contribution is 0.102. The average molecular weight is 431 g/mol. The second-order valence-corrected chi connectivity index (χ2v) is 7.63. The molecule has 4 aromatic rings. The molecule has 2 N–H and O–H groups in total. The summed E-state index contributed by atoms with van der Waals surface area (Å²) < 4.78 is 20.2. The molecule has 162 valence electrons. The van der Waals surface area contributed by atoms with Crippen molar-refractivity contribution in [3.63, 3.8) is 0 Å². The van der Waals surface area contributed by atoms with E-state index in [1.807, 2.05) is 32.0 Å². The first-order chi connectivity index (χ1) is 15.4. The highest BCUT2D eigenvalue weighted by Gasteiger charge is 2.17. The van der Waals surface area contributed by atoms with Gasteiger partial charge in [0.05, 0.1) is 23.7 Å². The van der Waals surface area contributed by atoms with Gasteiger partial charge in [-0.05, 0) is 62.2 Å². The Bertz CT molecular complexity index is 1390. The number of carbonyl (C=O) groups excluding carboxylic acids is 1. The second kappa shape index (κ2) is 8.72. The van der Waals surface area contributed by atoms with Crippen LogP contribution in [0.3, 0.4) is 0 Å². The van der Waals surface area contributed by atoms with E-state index in [0.717, 1.165) is 11.1 Å². The molecule has 0 aliphatic heterocycles. The van der Waals surface area contributed by atoms with E-state index in [1.54, 1.807) is 25.1 Å². The van der Waals surface area contributed by atoms with E-state index in [0.29, 0.717) is 27.9 Å². The number of hydrogen-bond donors (Lipinski definition) is 2. The molecule has 0 bridgehead atoms. The van der Waals surface area contributed by atoms with E-state index in [9.17, 15) is 14.3 Å². The number of aryl methyl sites for hydroxylation is 3. The van der Waals surface area contributed by atoms with Gasteiger partial charge in [0.15, 0.2) is 5.58 Å². The maximum absolute atomic E-state index is 14.1. The van der Waals surface area contributed by atoms with Crippen molar-refractivity contribution in [3.05, 3.63) is 94.0 Å². The molecule has 2 heterocycles. The van der Waals surface area contributed by atoms with Crippen molar-refractivity contribution in [2.24, 2.45) is 4.99 Å². The van der Waals surface area contributed by atoms with Crippen LogP contribution >= 0.6 is 0 Å². The van der Waals surface area contributed by atoms with Crippen LogP contribution in [0.2, 0.25) is 0 Å². The third-order valence-corrected chi connectivity index (χ3v) is 5.03. The fraction of sp³-hybridized carbons (Fsp3) is 0.160. The molecule has 0 spiro atoms. The number of fused-ring (bicyclic) bond motifs is 1. The van der Waals surface area contributed by atoms with Gasteiger partial charge in [-0.15, -0.1) is 0 Å². The number of amides is 1. The van der Waals surface area contributed by atoms with Crippen LogP contribution in [-0.4, -0.2) is 16.0 Å². The Morgan fingerprint density at radius 3 is 2.53 bits per heavy atom. The number of pyridine rings is 1. The molecule has 0 saturated carbocycles.